The van der Waals surface area contributed by atoms with Gasteiger partial charge in [-0.2, -0.15) is 0 Å². The van der Waals surface area contributed by atoms with Gasteiger partial charge in [-0.15, -0.1) is 0 Å². The maximum atomic E-state index is 14.0. The van der Waals surface area contributed by atoms with Gasteiger partial charge in [0.15, 0.2) is 0 Å². The Labute approximate surface area is 205 Å². The van der Waals surface area contributed by atoms with Crippen molar-refractivity contribution in [2.24, 2.45) is 4.99 Å². The highest BCUT2D eigenvalue weighted by molar-refractivity contribution is 6.04. The van der Waals surface area contributed by atoms with Gasteiger partial charge in [0.05, 0.1) is 12.6 Å². The zero-order valence-electron chi connectivity index (χ0n) is 19.6. The number of ether oxygens (including phenoxy) is 1. The van der Waals surface area contributed by atoms with Gasteiger partial charge in [-0.1, -0.05) is 91.0 Å². The molecule has 1 aliphatic heterocycles. The molecule has 5 nitrogen and oxygen atoms in total. The highest BCUT2D eigenvalue weighted by Crippen LogP contribution is 2.49. The molecular formula is C30H27N3O2. The van der Waals surface area contributed by atoms with E-state index in [-0.39, 0.29) is 12.6 Å². The van der Waals surface area contributed by atoms with E-state index in [0.29, 0.717) is 6.54 Å². The molecule has 0 saturated carbocycles. The predicted octanol–water partition coefficient (Wildman–Crippen LogP) is 5.54. The molecule has 1 aliphatic rings. The number of hydrogen-bond acceptors (Lipinski definition) is 5. The summed E-state index contributed by atoms with van der Waals surface area (Å²) in [4.78, 5) is 25.7. The third-order valence-electron chi connectivity index (χ3n) is 6.31. The highest BCUT2D eigenvalue weighted by Gasteiger charge is 2.57. The van der Waals surface area contributed by atoms with Crippen LogP contribution in [0.2, 0.25) is 0 Å². The van der Waals surface area contributed by atoms with E-state index >= 15 is 0 Å². The van der Waals surface area contributed by atoms with Crippen molar-refractivity contribution in [3.8, 4) is 0 Å². The van der Waals surface area contributed by atoms with Gasteiger partial charge < -0.3 is 9.64 Å². The lowest BCUT2D eigenvalue weighted by atomic mass is 9.80. The minimum atomic E-state index is -1.28. The molecule has 0 N–H and O–H groups in total. The number of carbonyl (C=O) groups is 1. The van der Waals surface area contributed by atoms with Gasteiger partial charge in [0.2, 0.25) is 5.54 Å². The molecule has 3 aromatic carbocycles. The molecule has 0 unspecified atom stereocenters. The topological polar surface area (TPSA) is 54.8 Å². The van der Waals surface area contributed by atoms with Crippen LogP contribution >= 0.6 is 0 Å². The summed E-state index contributed by atoms with van der Waals surface area (Å²) >= 11 is 0. The zero-order chi connectivity index (χ0) is 24.1. The van der Waals surface area contributed by atoms with Crippen molar-refractivity contribution >= 4 is 11.8 Å². The molecule has 0 amide bonds. The summed E-state index contributed by atoms with van der Waals surface area (Å²) in [6.45, 7) is 2.68. The Morgan fingerprint density at radius 3 is 2.09 bits per heavy atom. The monoisotopic (exact) mass is 461 g/mol. The number of hydrogen-bond donors (Lipinski definition) is 0. The van der Waals surface area contributed by atoms with E-state index in [1.54, 1.807) is 12.4 Å². The largest absolute Gasteiger partial charge is 0.464 e. The minimum Gasteiger partial charge on any atom is -0.464 e. The van der Waals surface area contributed by atoms with Crippen molar-refractivity contribution in [1.29, 1.82) is 0 Å². The normalized spacial score (nSPS) is 19.3. The molecular weight excluding hydrogens is 434 g/mol. The van der Waals surface area contributed by atoms with Crippen LogP contribution in [0.4, 0.5) is 0 Å². The van der Waals surface area contributed by atoms with Gasteiger partial charge in [0.25, 0.3) is 0 Å². The van der Waals surface area contributed by atoms with E-state index in [4.69, 9.17) is 9.73 Å². The molecule has 1 aromatic heterocycles. The molecule has 35 heavy (non-hydrogen) atoms. The zero-order valence-corrected chi connectivity index (χ0v) is 19.6. The summed E-state index contributed by atoms with van der Waals surface area (Å²) in [7, 11) is 0. The first-order valence-electron chi connectivity index (χ1n) is 11.8. The van der Waals surface area contributed by atoms with Crippen molar-refractivity contribution in [1.82, 2.24) is 9.88 Å². The first-order chi connectivity index (χ1) is 17.2. The van der Waals surface area contributed by atoms with E-state index in [9.17, 15) is 4.79 Å². The van der Waals surface area contributed by atoms with Gasteiger partial charge in [0, 0.05) is 24.5 Å². The fourth-order valence-corrected chi connectivity index (χ4v) is 4.80. The lowest BCUT2D eigenvalue weighted by Crippen LogP contribution is -2.44. The Hall–Kier alpha value is -4.25. The Balaban J connectivity index is 1.79. The molecule has 2 heterocycles. The quantitative estimate of drug-likeness (QED) is 0.339. The molecule has 2 atom stereocenters. The molecule has 0 fully saturated rings. The molecule has 0 radical (unpaired) electrons. The van der Waals surface area contributed by atoms with Crippen molar-refractivity contribution in [2.45, 2.75) is 25.0 Å². The van der Waals surface area contributed by atoms with E-state index < -0.39 is 11.6 Å². The fourth-order valence-electron chi connectivity index (χ4n) is 4.80. The number of aliphatic imine (C=N–C) groups is 1. The van der Waals surface area contributed by atoms with Crippen LogP contribution in [0.15, 0.2) is 121 Å². The SMILES string of the molecule is CCOC(=O)[C@@]1(c2ccccc2)N=C(c2ccccc2)N(Cc2ccccc2)[C@H]1c1ccncc1. The predicted molar refractivity (Wildman–Crippen MR) is 137 cm³/mol. The number of nitrogens with zero attached hydrogens (tertiary/aromatic N) is 3. The van der Waals surface area contributed by atoms with Crippen molar-refractivity contribution in [3.05, 3.63) is 138 Å². The molecule has 4 aromatic rings. The van der Waals surface area contributed by atoms with Gasteiger partial charge in [-0.05, 0) is 35.7 Å². The molecule has 174 valence electrons. The first-order valence-corrected chi connectivity index (χ1v) is 11.8. The fraction of sp³-hybridized carbons (Fsp3) is 0.167. The Morgan fingerprint density at radius 1 is 0.857 bits per heavy atom. The average Bonchev–Trinajstić information content (AvgIpc) is 3.27. The average molecular weight is 462 g/mol. The third kappa shape index (κ3) is 4.21. The Morgan fingerprint density at radius 2 is 1.46 bits per heavy atom. The summed E-state index contributed by atoms with van der Waals surface area (Å²) in [5.74, 6) is 0.394. The number of esters is 1. The minimum absolute atomic E-state index is 0.269. The van der Waals surface area contributed by atoms with Gasteiger partial charge in [-0.3, -0.25) is 4.98 Å². The summed E-state index contributed by atoms with van der Waals surface area (Å²) in [6.07, 6.45) is 3.52. The molecule has 0 saturated heterocycles. The maximum absolute atomic E-state index is 14.0. The van der Waals surface area contributed by atoms with Crippen molar-refractivity contribution < 1.29 is 9.53 Å². The number of aromatic nitrogens is 1. The Bertz CT molecular complexity index is 1290. The number of benzene rings is 3. The summed E-state index contributed by atoms with van der Waals surface area (Å²) in [5, 5.41) is 0. The number of rotatable bonds is 7. The standard InChI is InChI=1S/C30H27N3O2/c1-2-35-29(34)30(26-16-10-5-11-17-26)27(24-18-20-31-21-19-24)33(22-23-12-6-3-7-13-23)28(32-30)25-14-8-4-9-15-25/h3-21,27H,2,22H2,1H3/t27-,30-/m0/s1. The van der Waals surface area contributed by atoms with Gasteiger partial charge in [-0.25, -0.2) is 9.79 Å². The Kier molecular flexibility index (Phi) is 6.40. The lowest BCUT2D eigenvalue weighted by molar-refractivity contribution is -0.151. The summed E-state index contributed by atoms with van der Waals surface area (Å²) < 4.78 is 5.73. The molecule has 0 spiro atoms. The molecule has 0 bridgehead atoms. The highest BCUT2D eigenvalue weighted by atomic mass is 16.5. The summed E-state index contributed by atoms with van der Waals surface area (Å²) in [6, 6.07) is 33.5. The van der Waals surface area contributed by atoms with E-state index in [0.717, 1.165) is 28.1 Å². The van der Waals surface area contributed by atoms with Crippen LogP contribution in [0.3, 0.4) is 0 Å². The third-order valence-corrected chi connectivity index (χ3v) is 6.31. The van der Waals surface area contributed by atoms with E-state index in [2.05, 4.69) is 22.0 Å². The number of pyridine rings is 1. The van der Waals surface area contributed by atoms with Crippen molar-refractivity contribution in [2.75, 3.05) is 6.61 Å². The number of amidine groups is 1. The van der Waals surface area contributed by atoms with Crippen molar-refractivity contribution in [3.63, 3.8) is 0 Å². The second-order valence-electron chi connectivity index (χ2n) is 8.45. The van der Waals surface area contributed by atoms with Crippen LogP contribution in [-0.4, -0.2) is 28.3 Å². The molecule has 5 heteroatoms. The smallest absolute Gasteiger partial charge is 0.341 e. The van der Waals surface area contributed by atoms with Crippen LogP contribution in [-0.2, 0) is 21.6 Å². The first kappa shape index (κ1) is 22.5. The van der Waals surface area contributed by atoms with E-state index in [1.165, 1.54) is 0 Å². The van der Waals surface area contributed by atoms with E-state index in [1.807, 2.05) is 97.9 Å². The lowest BCUT2D eigenvalue weighted by Gasteiger charge is -2.37. The number of carbonyl (C=O) groups excluding carboxylic acids is 1. The maximum Gasteiger partial charge on any atom is 0.341 e. The second kappa shape index (κ2) is 9.94. The summed E-state index contributed by atoms with van der Waals surface area (Å²) in [5.41, 5.74) is 2.54. The molecule has 0 aliphatic carbocycles. The van der Waals surface area contributed by atoms with Gasteiger partial charge in [0.1, 0.15) is 5.84 Å². The van der Waals surface area contributed by atoms with Crippen LogP contribution in [0.1, 0.15) is 35.2 Å². The second-order valence-corrected chi connectivity index (χ2v) is 8.45. The van der Waals surface area contributed by atoms with Crippen LogP contribution in [0.25, 0.3) is 0 Å². The molecule has 5 rings (SSSR count). The van der Waals surface area contributed by atoms with Crippen LogP contribution in [0.5, 0.6) is 0 Å². The van der Waals surface area contributed by atoms with Crippen LogP contribution in [0, 0.1) is 0 Å². The van der Waals surface area contributed by atoms with Crippen LogP contribution < -0.4 is 0 Å². The van der Waals surface area contributed by atoms with Gasteiger partial charge >= 0.3 is 5.97 Å².